The lowest BCUT2D eigenvalue weighted by molar-refractivity contribution is -0.116. The molecule has 1 heterocycles. The molecule has 0 atom stereocenters. The van der Waals surface area contributed by atoms with Gasteiger partial charge in [-0.15, -0.1) is 0 Å². The van der Waals surface area contributed by atoms with Gasteiger partial charge in [0.1, 0.15) is 0 Å². The van der Waals surface area contributed by atoms with Crippen LogP contribution in [0.25, 0.3) is 0 Å². The quantitative estimate of drug-likeness (QED) is 0.806. The van der Waals surface area contributed by atoms with Gasteiger partial charge in [-0.05, 0) is 41.8 Å². The maximum absolute atomic E-state index is 12.7. The van der Waals surface area contributed by atoms with Gasteiger partial charge in [0.25, 0.3) is 5.91 Å². The second-order valence-electron chi connectivity index (χ2n) is 6.14. The molecule has 0 fully saturated rings. The first kappa shape index (κ1) is 17.8. The number of carbonyl (C=O) groups excluding carboxylic acids is 2. The number of benzene rings is 2. The normalized spacial score (nSPS) is 12.9. The monoisotopic (exact) mass is 376 g/mol. The van der Waals surface area contributed by atoms with E-state index in [1.807, 2.05) is 24.3 Å². The van der Waals surface area contributed by atoms with E-state index in [9.17, 15) is 9.59 Å². The molecule has 0 saturated carbocycles. The highest BCUT2D eigenvalue weighted by atomic mass is 35.5. The second kappa shape index (κ2) is 7.06. The number of carbonyl (C=O) groups is 2. The lowest BCUT2D eigenvalue weighted by Gasteiger charge is -2.19. The molecule has 3 rings (SSSR count). The summed E-state index contributed by atoms with van der Waals surface area (Å²) in [4.78, 5) is 27.7. The van der Waals surface area contributed by atoms with Crippen LogP contribution in [0.2, 0.25) is 10.0 Å². The van der Waals surface area contributed by atoms with E-state index >= 15 is 0 Å². The number of hydrogen-bond acceptors (Lipinski definition) is 2. The predicted molar refractivity (Wildman–Crippen MR) is 100 cm³/mol. The molecule has 1 aliphatic heterocycles. The molecule has 0 spiro atoms. The van der Waals surface area contributed by atoms with Gasteiger partial charge < -0.3 is 9.80 Å². The Morgan fingerprint density at radius 3 is 2.68 bits per heavy atom. The molecule has 0 saturated heterocycles. The van der Waals surface area contributed by atoms with Crippen molar-refractivity contribution in [2.75, 3.05) is 18.5 Å². The zero-order valence-electron chi connectivity index (χ0n) is 14.1. The summed E-state index contributed by atoms with van der Waals surface area (Å²) in [6.45, 7) is 2.59. The third-order valence-corrected chi connectivity index (χ3v) is 5.25. The third kappa shape index (κ3) is 3.51. The van der Waals surface area contributed by atoms with Crippen LogP contribution < -0.4 is 4.90 Å². The summed E-state index contributed by atoms with van der Waals surface area (Å²) >= 11 is 12.2. The fraction of sp³-hybridized carbons (Fsp3) is 0.263. The molecular formula is C19H18Cl2N2O2. The number of rotatable bonds is 3. The topological polar surface area (TPSA) is 40.6 Å². The van der Waals surface area contributed by atoms with Crippen LogP contribution in [0.3, 0.4) is 0 Å². The molecular weight excluding hydrogens is 359 g/mol. The predicted octanol–water partition coefficient (Wildman–Crippen LogP) is 4.17. The maximum atomic E-state index is 12.7. The van der Waals surface area contributed by atoms with E-state index in [1.165, 1.54) is 0 Å². The Balaban J connectivity index is 1.79. The van der Waals surface area contributed by atoms with Crippen molar-refractivity contribution in [1.82, 2.24) is 4.90 Å². The smallest absolute Gasteiger partial charge is 0.253 e. The van der Waals surface area contributed by atoms with Gasteiger partial charge in [-0.3, -0.25) is 9.59 Å². The van der Waals surface area contributed by atoms with Crippen molar-refractivity contribution < 1.29 is 9.59 Å². The van der Waals surface area contributed by atoms with Crippen LogP contribution in [0.5, 0.6) is 0 Å². The first-order valence-electron chi connectivity index (χ1n) is 7.98. The van der Waals surface area contributed by atoms with Gasteiger partial charge in [-0.25, -0.2) is 0 Å². The number of fused-ring (bicyclic) bond motifs is 1. The van der Waals surface area contributed by atoms with E-state index in [0.29, 0.717) is 28.7 Å². The van der Waals surface area contributed by atoms with Gasteiger partial charge in [0, 0.05) is 38.3 Å². The van der Waals surface area contributed by atoms with Crippen LogP contribution in [0.4, 0.5) is 5.69 Å². The lowest BCUT2D eigenvalue weighted by Crippen LogP contribution is -2.27. The highest BCUT2D eigenvalue weighted by molar-refractivity contribution is 6.42. The molecule has 4 nitrogen and oxygen atoms in total. The summed E-state index contributed by atoms with van der Waals surface area (Å²) in [6.07, 6.45) is 0.764. The van der Waals surface area contributed by atoms with E-state index in [0.717, 1.165) is 23.2 Å². The standard InChI is InChI=1S/C19H18Cl2N2O2/c1-12(24)23-9-8-13-10-14(6-7-17(13)23)19(25)22(2)11-15-4-3-5-16(20)18(15)21/h3-7,10H,8-9,11H2,1-2H3. The maximum Gasteiger partial charge on any atom is 0.253 e. The van der Waals surface area contributed by atoms with Gasteiger partial charge in [-0.2, -0.15) is 0 Å². The van der Waals surface area contributed by atoms with E-state index in [4.69, 9.17) is 23.2 Å². The molecule has 25 heavy (non-hydrogen) atoms. The molecule has 2 aromatic rings. The summed E-state index contributed by atoms with van der Waals surface area (Å²) in [7, 11) is 1.73. The molecule has 0 unspecified atom stereocenters. The highest BCUT2D eigenvalue weighted by Gasteiger charge is 2.24. The minimum absolute atomic E-state index is 0.0190. The van der Waals surface area contributed by atoms with Gasteiger partial charge in [0.05, 0.1) is 10.0 Å². The molecule has 2 aromatic carbocycles. The first-order valence-corrected chi connectivity index (χ1v) is 8.73. The Morgan fingerprint density at radius 2 is 1.96 bits per heavy atom. The van der Waals surface area contributed by atoms with Gasteiger partial charge in [-0.1, -0.05) is 35.3 Å². The number of nitrogens with zero attached hydrogens (tertiary/aromatic N) is 2. The van der Waals surface area contributed by atoms with Crippen LogP contribution in [0.1, 0.15) is 28.4 Å². The summed E-state index contributed by atoms with van der Waals surface area (Å²) in [5.74, 6) is -0.0781. The molecule has 0 radical (unpaired) electrons. The van der Waals surface area contributed by atoms with E-state index in [1.54, 1.807) is 35.9 Å². The molecule has 6 heteroatoms. The van der Waals surface area contributed by atoms with Gasteiger partial charge in [0.15, 0.2) is 0 Å². The van der Waals surface area contributed by atoms with E-state index in [2.05, 4.69) is 0 Å². The SMILES string of the molecule is CC(=O)N1CCc2cc(C(=O)N(C)Cc3cccc(Cl)c3Cl)ccc21. The fourth-order valence-electron chi connectivity index (χ4n) is 3.08. The van der Waals surface area contributed by atoms with Crippen molar-refractivity contribution in [1.29, 1.82) is 0 Å². The molecule has 0 bridgehead atoms. The van der Waals surface area contributed by atoms with E-state index in [-0.39, 0.29) is 11.8 Å². The van der Waals surface area contributed by atoms with Crippen LogP contribution >= 0.6 is 23.2 Å². The third-order valence-electron chi connectivity index (χ3n) is 4.39. The number of halogens is 2. The summed E-state index contributed by atoms with van der Waals surface area (Å²) in [5, 5.41) is 0.941. The van der Waals surface area contributed by atoms with Gasteiger partial charge in [0.2, 0.25) is 5.91 Å². The molecule has 0 aliphatic carbocycles. The Kier molecular flexibility index (Phi) is 5.02. The van der Waals surface area contributed by atoms with Crippen LogP contribution in [-0.2, 0) is 17.8 Å². The van der Waals surface area contributed by atoms with Crippen molar-refractivity contribution in [3.05, 3.63) is 63.1 Å². The molecule has 0 N–H and O–H groups in total. The number of amides is 2. The molecule has 130 valence electrons. The zero-order chi connectivity index (χ0) is 18.1. The van der Waals surface area contributed by atoms with Gasteiger partial charge >= 0.3 is 0 Å². The average Bonchev–Trinajstić information content (AvgIpc) is 3.01. The summed E-state index contributed by atoms with van der Waals surface area (Å²) in [6, 6.07) is 10.9. The highest BCUT2D eigenvalue weighted by Crippen LogP contribution is 2.30. The van der Waals surface area contributed by atoms with E-state index < -0.39 is 0 Å². The van der Waals surface area contributed by atoms with Crippen LogP contribution in [0, 0.1) is 0 Å². The summed E-state index contributed by atoms with van der Waals surface area (Å²) < 4.78 is 0. The Hall–Kier alpha value is -2.04. The molecule has 0 aromatic heterocycles. The molecule has 2 amide bonds. The Morgan fingerprint density at radius 1 is 1.20 bits per heavy atom. The van der Waals surface area contributed by atoms with Crippen molar-refractivity contribution in [2.45, 2.75) is 19.9 Å². The Bertz CT molecular complexity index is 851. The molecule has 1 aliphatic rings. The second-order valence-corrected chi connectivity index (χ2v) is 6.92. The van der Waals surface area contributed by atoms with Crippen LogP contribution in [0.15, 0.2) is 36.4 Å². The minimum Gasteiger partial charge on any atom is -0.337 e. The minimum atomic E-state index is -0.0971. The van der Waals surface area contributed by atoms with Crippen molar-refractivity contribution in [3.8, 4) is 0 Å². The zero-order valence-corrected chi connectivity index (χ0v) is 15.6. The number of anilines is 1. The van der Waals surface area contributed by atoms with Crippen molar-refractivity contribution >= 4 is 40.7 Å². The van der Waals surface area contributed by atoms with Crippen molar-refractivity contribution in [2.24, 2.45) is 0 Å². The first-order chi connectivity index (χ1) is 11.9. The summed E-state index contributed by atoms with van der Waals surface area (Å²) in [5.41, 5.74) is 3.32. The van der Waals surface area contributed by atoms with Crippen molar-refractivity contribution in [3.63, 3.8) is 0 Å². The largest absolute Gasteiger partial charge is 0.337 e. The lowest BCUT2D eigenvalue weighted by atomic mass is 10.1. The number of hydrogen-bond donors (Lipinski definition) is 0. The van der Waals surface area contributed by atoms with Crippen LogP contribution in [-0.4, -0.2) is 30.3 Å². The Labute approximate surface area is 156 Å². The average molecular weight is 377 g/mol. The fourth-order valence-corrected chi connectivity index (χ4v) is 3.46.